The lowest BCUT2D eigenvalue weighted by Gasteiger charge is -2.06. The Morgan fingerprint density at radius 3 is 2.48 bits per heavy atom. The minimum Gasteiger partial charge on any atom is -0.465 e. The minimum atomic E-state index is -0.432. The Balaban J connectivity index is 2.14. The number of nitrogens with one attached hydrogen (secondary N) is 1. The molecule has 0 radical (unpaired) electrons. The molecular formula is C22H18N2O3. The van der Waals surface area contributed by atoms with E-state index >= 15 is 0 Å². The van der Waals surface area contributed by atoms with Gasteiger partial charge in [-0.25, -0.2) is 9.79 Å². The number of nitrogens with zero attached hydrogens (tertiary/aromatic N) is 1. The molecule has 27 heavy (non-hydrogen) atoms. The molecule has 0 heterocycles. The fourth-order valence-corrected chi connectivity index (χ4v) is 2.12. The second kappa shape index (κ2) is 9.54. The van der Waals surface area contributed by atoms with Gasteiger partial charge in [-0.1, -0.05) is 25.1 Å². The second-order valence-corrected chi connectivity index (χ2v) is 5.25. The van der Waals surface area contributed by atoms with Crippen LogP contribution in [0, 0.1) is 11.8 Å². The maximum absolute atomic E-state index is 12.4. The van der Waals surface area contributed by atoms with Crippen LogP contribution < -0.4 is 5.32 Å². The molecule has 5 heteroatoms. The number of allylic oxidation sites excluding steroid dienone is 1. The molecule has 0 aliphatic rings. The summed E-state index contributed by atoms with van der Waals surface area (Å²) >= 11 is 0. The van der Waals surface area contributed by atoms with Crippen molar-refractivity contribution in [2.45, 2.75) is 0 Å². The third-order valence-electron chi connectivity index (χ3n) is 3.45. The first-order valence-electron chi connectivity index (χ1n) is 8.00. The van der Waals surface area contributed by atoms with Crippen molar-refractivity contribution in [1.82, 2.24) is 0 Å². The van der Waals surface area contributed by atoms with Gasteiger partial charge in [-0.05, 0) is 54.5 Å². The Labute approximate surface area is 158 Å². The molecule has 2 aromatic carbocycles. The number of ether oxygens (including phenoxy) is 1. The van der Waals surface area contributed by atoms with E-state index in [1.54, 1.807) is 48.5 Å². The van der Waals surface area contributed by atoms with Crippen LogP contribution in [0.3, 0.4) is 0 Å². The third-order valence-corrected chi connectivity index (χ3v) is 3.45. The molecule has 0 unspecified atom stereocenters. The zero-order chi connectivity index (χ0) is 19.6. The number of aliphatic imine (C=N–C) groups is 1. The Bertz CT molecular complexity index is 961. The largest absolute Gasteiger partial charge is 0.465 e. The van der Waals surface area contributed by atoms with E-state index in [9.17, 15) is 9.59 Å². The first kappa shape index (κ1) is 19.4. The molecule has 5 nitrogen and oxygen atoms in total. The number of benzene rings is 2. The molecule has 1 N–H and O–H groups in total. The summed E-state index contributed by atoms with van der Waals surface area (Å²) in [6.07, 6.45) is 2.92. The van der Waals surface area contributed by atoms with Crippen molar-refractivity contribution in [2.24, 2.45) is 4.99 Å². The Kier molecular flexibility index (Phi) is 6.86. The molecule has 2 aromatic rings. The number of carbonyl (C=O) groups is 2. The number of amides is 1. The maximum Gasteiger partial charge on any atom is 0.337 e. The van der Waals surface area contributed by atoms with Gasteiger partial charge >= 0.3 is 5.97 Å². The van der Waals surface area contributed by atoms with E-state index in [0.29, 0.717) is 28.1 Å². The Morgan fingerprint density at radius 1 is 1.11 bits per heavy atom. The summed E-state index contributed by atoms with van der Waals surface area (Å²) in [4.78, 5) is 27.8. The van der Waals surface area contributed by atoms with Gasteiger partial charge in [0.2, 0.25) is 0 Å². The third kappa shape index (κ3) is 5.55. The Hall–Kier alpha value is -3.91. The summed E-state index contributed by atoms with van der Waals surface area (Å²) in [7, 11) is 1.31. The average Bonchev–Trinajstić information content (AvgIpc) is 2.71. The van der Waals surface area contributed by atoms with Crippen molar-refractivity contribution in [3.05, 3.63) is 90.7 Å². The normalized spacial score (nSPS) is 10.2. The standard InChI is InChI=1S/C22H18N2O3/c1-4-19(23-5-2)12-9-16-7-6-8-18(15-16)21(25)24-20-13-10-17(11-14-20)22(26)27-3/h4-8,10-11,13-15H,1-2H2,3H3,(H,24,25). The first-order chi connectivity index (χ1) is 13.1. The molecule has 134 valence electrons. The summed E-state index contributed by atoms with van der Waals surface area (Å²) in [5.74, 6) is 5.08. The highest BCUT2D eigenvalue weighted by Crippen LogP contribution is 2.13. The molecule has 0 atom stereocenters. The first-order valence-corrected chi connectivity index (χ1v) is 8.00. The summed E-state index contributed by atoms with van der Waals surface area (Å²) in [5, 5.41) is 2.77. The van der Waals surface area contributed by atoms with E-state index in [1.807, 2.05) is 0 Å². The quantitative estimate of drug-likeness (QED) is 0.501. The van der Waals surface area contributed by atoms with Crippen LogP contribution in [0.15, 0.2) is 79.0 Å². The fraction of sp³-hybridized carbons (Fsp3) is 0.0455. The van der Waals surface area contributed by atoms with Gasteiger partial charge in [0.15, 0.2) is 0 Å². The van der Waals surface area contributed by atoms with Gasteiger partial charge in [0.1, 0.15) is 5.71 Å². The van der Waals surface area contributed by atoms with E-state index in [2.05, 4.69) is 40.0 Å². The fourth-order valence-electron chi connectivity index (χ4n) is 2.12. The van der Waals surface area contributed by atoms with Crippen LogP contribution in [-0.4, -0.2) is 24.7 Å². The van der Waals surface area contributed by atoms with Crippen LogP contribution in [0.4, 0.5) is 5.69 Å². The highest BCUT2D eigenvalue weighted by Gasteiger charge is 2.08. The minimum absolute atomic E-state index is 0.284. The van der Waals surface area contributed by atoms with Gasteiger partial charge < -0.3 is 10.1 Å². The van der Waals surface area contributed by atoms with Crippen LogP contribution in [0.2, 0.25) is 0 Å². The van der Waals surface area contributed by atoms with Gasteiger partial charge in [-0.15, -0.1) is 0 Å². The summed E-state index contributed by atoms with van der Waals surface area (Å²) in [5.41, 5.74) is 2.59. The van der Waals surface area contributed by atoms with E-state index in [0.717, 1.165) is 0 Å². The van der Waals surface area contributed by atoms with E-state index in [4.69, 9.17) is 0 Å². The van der Waals surface area contributed by atoms with Crippen LogP contribution in [0.1, 0.15) is 26.3 Å². The van der Waals surface area contributed by atoms with Crippen molar-refractivity contribution in [3.8, 4) is 11.8 Å². The van der Waals surface area contributed by atoms with Crippen molar-refractivity contribution in [1.29, 1.82) is 0 Å². The number of anilines is 1. The Morgan fingerprint density at radius 2 is 1.85 bits per heavy atom. The molecule has 0 aromatic heterocycles. The SMILES string of the molecule is C=CN=C(C#Cc1cccc(C(=O)Nc2ccc(C(=O)OC)cc2)c1)C=C. The molecule has 0 saturated heterocycles. The summed E-state index contributed by atoms with van der Waals surface area (Å²) < 4.78 is 4.64. The lowest BCUT2D eigenvalue weighted by Crippen LogP contribution is -2.12. The van der Waals surface area contributed by atoms with E-state index in [-0.39, 0.29) is 5.91 Å². The van der Waals surface area contributed by atoms with Crippen LogP contribution in [0.25, 0.3) is 0 Å². The topological polar surface area (TPSA) is 67.8 Å². The van der Waals surface area contributed by atoms with Crippen molar-refractivity contribution >= 4 is 23.3 Å². The lowest BCUT2D eigenvalue weighted by molar-refractivity contribution is 0.0600. The van der Waals surface area contributed by atoms with Gasteiger partial charge in [-0.3, -0.25) is 4.79 Å². The number of hydrogen-bond acceptors (Lipinski definition) is 4. The molecule has 0 saturated carbocycles. The van der Waals surface area contributed by atoms with E-state index in [1.165, 1.54) is 19.4 Å². The number of methoxy groups -OCH3 is 1. The van der Waals surface area contributed by atoms with Gasteiger partial charge in [-0.2, -0.15) is 0 Å². The summed E-state index contributed by atoms with van der Waals surface area (Å²) in [6, 6.07) is 13.3. The number of hydrogen-bond donors (Lipinski definition) is 1. The van der Waals surface area contributed by atoms with Crippen LogP contribution >= 0.6 is 0 Å². The number of carbonyl (C=O) groups excluding carboxylic acids is 2. The molecular weight excluding hydrogens is 340 g/mol. The predicted molar refractivity (Wildman–Crippen MR) is 107 cm³/mol. The smallest absolute Gasteiger partial charge is 0.337 e. The van der Waals surface area contributed by atoms with Gasteiger partial charge in [0.05, 0.1) is 12.7 Å². The molecule has 0 aliphatic carbocycles. The molecule has 0 fully saturated rings. The van der Waals surface area contributed by atoms with E-state index < -0.39 is 5.97 Å². The molecule has 0 bridgehead atoms. The number of rotatable bonds is 5. The molecule has 1 amide bonds. The zero-order valence-corrected chi connectivity index (χ0v) is 14.9. The average molecular weight is 358 g/mol. The molecule has 0 spiro atoms. The van der Waals surface area contributed by atoms with Crippen molar-refractivity contribution in [2.75, 3.05) is 12.4 Å². The van der Waals surface area contributed by atoms with Crippen LogP contribution in [-0.2, 0) is 4.74 Å². The van der Waals surface area contributed by atoms with Crippen molar-refractivity contribution < 1.29 is 14.3 Å². The second-order valence-electron chi connectivity index (χ2n) is 5.25. The predicted octanol–water partition coefficient (Wildman–Crippen LogP) is 3.85. The van der Waals surface area contributed by atoms with Crippen LogP contribution in [0.5, 0.6) is 0 Å². The molecule has 2 rings (SSSR count). The lowest BCUT2D eigenvalue weighted by atomic mass is 10.1. The highest BCUT2D eigenvalue weighted by molar-refractivity contribution is 6.09. The van der Waals surface area contributed by atoms with Gasteiger partial charge in [0.25, 0.3) is 5.91 Å². The van der Waals surface area contributed by atoms with Crippen molar-refractivity contribution in [3.63, 3.8) is 0 Å². The molecule has 0 aliphatic heterocycles. The maximum atomic E-state index is 12.4. The van der Waals surface area contributed by atoms with Gasteiger partial charge in [0, 0.05) is 23.0 Å². The number of esters is 1. The monoisotopic (exact) mass is 358 g/mol. The summed E-state index contributed by atoms with van der Waals surface area (Å²) in [6.45, 7) is 7.15. The highest BCUT2D eigenvalue weighted by atomic mass is 16.5. The zero-order valence-electron chi connectivity index (χ0n) is 14.9.